The van der Waals surface area contributed by atoms with Crippen LogP contribution in [0.2, 0.25) is 5.02 Å². The lowest BCUT2D eigenvalue weighted by Gasteiger charge is -2.05. The van der Waals surface area contributed by atoms with Crippen LogP contribution < -0.4 is 5.73 Å². The predicted octanol–water partition coefficient (Wildman–Crippen LogP) is 3.47. The summed E-state index contributed by atoms with van der Waals surface area (Å²) in [7, 11) is 0. The molecular formula is C19H13ClN2O3. The molecule has 0 aliphatic carbocycles. The number of carboxylic acid groups (broad SMARTS) is 1. The number of aromatic hydroxyl groups is 1. The zero-order valence-corrected chi connectivity index (χ0v) is 13.7. The Hall–Kier alpha value is -3.36. The fraction of sp³-hybridized carbons (Fsp3) is 0. The largest absolute Gasteiger partial charge is 0.507 e. The Morgan fingerprint density at radius 2 is 1.96 bits per heavy atom. The Morgan fingerprint density at radius 1 is 1.16 bits per heavy atom. The van der Waals surface area contributed by atoms with E-state index in [4.69, 9.17) is 22.4 Å². The summed E-state index contributed by atoms with van der Waals surface area (Å²) in [6.45, 7) is 0. The number of phenols is 1. The van der Waals surface area contributed by atoms with E-state index in [0.29, 0.717) is 16.3 Å². The summed E-state index contributed by atoms with van der Waals surface area (Å²) < 4.78 is 1.74. The standard InChI is InChI=1S/C19H13ClN2O3/c20-14-3-1-2-12(8-14)17-11-22(10-13(17)6-7-21)15-4-5-16(19(24)25)18(23)9-15/h1-5,8-11,23H,21H2,(H,24,25). The average molecular weight is 353 g/mol. The first-order valence-electron chi connectivity index (χ1n) is 7.26. The van der Waals surface area contributed by atoms with Gasteiger partial charge < -0.3 is 20.5 Å². The van der Waals surface area contributed by atoms with Crippen LogP contribution in [-0.2, 0) is 0 Å². The monoisotopic (exact) mass is 352 g/mol. The van der Waals surface area contributed by atoms with E-state index < -0.39 is 5.97 Å². The summed E-state index contributed by atoms with van der Waals surface area (Å²) in [4.78, 5) is 11.0. The summed E-state index contributed by atoms with van der Waals surface area (Å²) in [5.41, 5.74) is 8.17. The van der Waals surface area contributed by atoms with E-state index in [1.807, 2.05) is 24.4 Å². The average Bonchev–Trinajstić information content (AvgIpc) is 2.99. The van der Waals surface area contributed by atoms with Gasteiger partial charge in [0, 0.05) is 40.8 Å². The maximum absolute atomic E-state index is 11.0. The molecule has 0 amide bonds. The van der Waals surface area contributed by atoms with Gasteiger partial charge in [0.2, 0.25) is 0 Å². The minimum atomic E-state index is -1.19. The molecule has 0 radical (unpaired) electrons. The van der Waals surface area contributed by atoms with Gasteiger partial charge >= 0.3 is 5.97 Å². The maximum atomic E-state index is 11.0. The highest BCUT2D eigenvalue weighted by atomic mass is 35.5. The fourth-order valence-electron chi connectivity index (χ4n) is 2.53. The van der Waals surface area contributed by atoms with Crippen molar-refractivity contribution in [2.75, 3.05) is 0 Å². The Kier molecular flexibility index (Phi) is 4.38. The number of nitrogens with zero attached hydrogens (tertiary/aromatic N) is 1. The molecule has 0 saturated heterocycles. The molecule has 3 aromatic rings. The molecule has 0 aliphatic heterocycles. The van der Waals surface area contributed by atoms with Crippen molar-refractivity contribution in [1.82, 2.24) is 4.57 Å². The minimum Gasteiger partial charge on any atom is -0.507 e. The number of aromatic nitrogens is 1. The van der Waals surface area contributed by atoms with Gasteiger partial charge in [-0.1, -0.05) is 23.7 Å². The van der Waals surface area contributed by atoms with Gasteiger partial charge in [-0.15, -0.1) is 0 Å². The van der Waals surface area contributed by atoms with E-state index >= 15 is 0 Å². The third kappa shape index (κ3) is 3.30. The molecule has 2 aromatic carbocycles. The van der Waals surface area contributed by atoms with Crippen molar-refractivity contribution >= 4 is 17.6 Å². The second-order valence-corrected chi connectivity index (χ2v) is 5.72. The first-order chi connectivity index (χ1) is 12.0. The maximum Gasteiger partial charge on any atom is 0.339 e. The highest BCUT2D eigenvalue weighted by Crippen LogP contribution is 2.29. The SMILES string of the molecule is NC#Cc1cn(-c2ccc(C(=O)O)c(O)c2)cc1-c1cccc(Cl)c1. The molecule has 0 bridgehead atoms. The fourth-order valence-corrected chi connectivity index (χ4v) is 2.72. The normalized spacial score (nSPS) is 10.1. The van der Waals surface area contributed by atoms with Crippen LogP contribution in [0.25, 0.3) is 16.8 Å². The van der Waals surface area contributed by atoms with E-state index in [0.717, 1.165) is 11.1 Å². The molecule has 0 fully saturated rings. The van der Waals surface area contributed by atoms with Crippen LogP contribution in [0.1, 0.15) is 15.9 Å². The van der Waals surface area contributed by atoms with Crippen molar-refractivity contribution in [2.45, 2.75) is 0 Å². The molecule has 0 aliphatic rings. The summed E-state index contributed by atoms with van der Waals surface area (Å²) in [6, 6.07) is 14.0. The lowest BCUT2D eigenvalue weighted by Crippen LogP contribution is -1.98. The molecule has 1 heterocycles. The van der Waals surface area contributed by atoms with Gasteiger partial charge in [0.15, 0.2) is 0 Å². The molecule has 0 spiro atoms. The quantitative estimate of drug-likeness (QED) is 0.497. The highest BCUT2D eigenvalue weighted by molar-refractivity contribution is 6.30. The van der Waals surface area contributed by atoms with Crippen molar-refractivity contribution in [3.63, 3.8) is 0 Å². The molecule has 1 aromatic heterocycles. The Balaban J connectivity index is 2.12. The van der Waals surface area contributed by atoms with Crippen LogP contribution in [0, 0.1) is 12.0 Å². The third-order valence-corrected chi connectivity index (χ3v) is 3.91. The van der Waals surface area contributed by atoms with Crippen molar-refractivity contribution in [3.05, 3.63) is 71.0 Å². The number of carboxylic acids is 1. The summed E-state index contributed by atoms with van der Waals surface area (Å²) >= 11 is 6.06. The zero-order chi connectivity index (χ0) is 18.0. The van der Waals surface area contributed by atoms with Crippen LogP contribution in [0.3, 0.4) is 0 Å². The zero-order valence-electron chi connectivity index (χ0n) is 12.9. The van der Waals surface area contributed by atoms with Gasteiger partial charge in [0.05, 0.1) is 5.56 Å². The number of aromatic carboxylic acids is 1. The molecule has 0 unspecified atom stereocenters. The van der Waals surface area contributed by atoms with E-state index in [9.17, 15) is 9.90 Å². The number of rotatable bonds is 3. The van der Waals surface area contributed by atoms with Crippen LogP contribution in [-0.4, -0.2) is 20.7 Å². The second-order valence-electron chi connectivity index (χ2n) is 5.28. The molecular weight excluding hydrogens is 340 g/mol. The van der Waals surface area contributed by atoms with Crippen molar-refractivity contribution < 1.29 is 15.0 Å². The number of benzene rings is 2. The first kappa shape index (κ1) is 16.5. The third-order valence-electron chi connectivity index (χ3n) is 3.68. The molecule has 4 N–H and O–H groups in total. The second kappa shape index (κ2) is 6.63. The van der Waals surface area contributed by atoms with E-state index in [1.165, 1.54) is 12.1 Å². The molecule has 3 rings (SSSR count). The van der Waals surface area contributed by atoms with E-state index in [1.54, 1.807) is 22.9 Å². The lowest BCUT2D eigenvalue weighted by atomic mass is 10.1. The summed E-state index contributed by atoms with van der Waals surface area (Å²) in [6.07, 6.45) is 3.58. The van der Waals surface area contributed by atoms with Crippen LogP contribution >= 0.6 is 11.6 Å². The van der Waals surface area contributed by atoms with Gasteiger partial charge in [0.1, 0.15) is 11.3 Å². The molecule has 6 heteroatoms. The molecule has 25 heavy (non-hydrogen) atoms. The highest BCUT2D eigenvalue weighted by Gasteiger charge is 2.13. The van der Waals surface area contributed by atoms with Crippen LogP contribution in [0.5, 0.6) is 5.75 Å². The van der Waals surface area contributed by atoms with Crippen molar-refractivity contribution in [3.8, 4) is 34.5 Å². The Bertz CT molecular complexity index is 1030. The first-order valence-corrected chi connectivity index (χ1v) is 7.63. The van der Waals surface area contributed by atoms with Crippen LogP contribution in [0.15, 0.2) is 54.9 Å². The summed E-state index contributed by atoms with van der Waals surface area (Å²) in [5, 5.41) is 19.5. The summed E-state index contributed by atoms with van der Waals surface area (Å²) in [5.74, 6) is 1.34. The lowest BCUT2D eigenvalue weighted by molar-refractivity contribution is 0.0694. The van der Waals surface area contributed by atoms with Gasteiger partial charge in [-0.2, -0.15) is 0 Å². The van der Waals surface area contributed by atoms with Crippen molar-refractivity contribution in [1.29, 1.82) is 0 Å². The molecule has 124 valence electrons. The number of carbonyl (C=O) groups is 1. The molecule has 0 saturated carbocycles. The molecule has 5 nitrogen and oxygen atoms in total. The number of hydrogen-bond acceptors (Lipinski definition) is 3. The topological polar surface area (TPSA) is 88.5 Å². The Labute approximate surface area is 148 Å². The minimum absolute atomic E-state index is 0.159. The number of nitrogens with two attached hydrogens (primary N) is 1. The predicted molar refractivity (Wildman–Crippen MR) is 95.9 cm³/mol. The van der Waals surface area contributed by atoms with E-state index in [2.05, 4.69) is 12.0 Å². The van der Waals surface area contributed by atoms with Crippen molar-refractivity contribution in [2.24, 2.45) is 5.73 Å². The molecule has 0 atom stereocenters. The smallest absolute Gasteiger partial charge is 0.339 e. The Morgan fingerprint density at radius 3 is 2.60 bits per heavy atom. The van der Waals surface area contributed by atoms with Crippen LogP contribution in [0.4, 0.5) is 0 Å². The number of hydrogen-bond donors (Lipinski definition) is 3. The van der Waals surface area contributed by atoms with E-state index in [-0.39, 0.29) is 11.3 Å². The van der Waals surface area contributed by atoms with Gasteiger partial charge in [0.25, 0.3) is 0 Å². The van der Waals surface area contributed by atoms with Gasteiger partial charge in [-0.05, 0) is 35.7 Å². The van der Waals surface area contributed by atoms with Gasteiger partial charge in [-0.3, -0.25) is 0 Å². The van der Waals surface area contributed by atoms with Gasteiger partial charge in [-0.25, -0.2) is 4.79 Å². The number of halogens is 1.